The van der Waals surface area contributed by atoms with Gasteiger partial charge in [0.05, 0.1) is 10.7 Å². The van der Waals surface area contributed by atoms with Gasteiger partial charge in [0.25, 0.3) is 5.91 Å². The van der Waals surface area contributed by atoms with E-state index in [1.165, 1.54) is 13.2 Å². The van der Waals surface area contributed by atoms with Crippen molar-refractivity contribution in [3.63, 3.8) is 0 Å². The summed E-state index contributed by atoms with van der Waals surface area (Å²) in [4.78, 5) is 38.6. The maximum atomic E-state index is 12.9. The minimum atomic E-state index is -0.669. The molecule has 190 valence electrons. The van der Waals surface area contributed by atoms with Crippen LogP contribution in [0.25, 0.3) is 6.08 Å². The molecule has 4 amide bonds. The molecule has 37 heavy (non-hydrogen) atoms. The molecule has 1 aliphatic rings. The summed E-state index contributed by atoms with van der Waals surface area (Å²) in [5.74, 6) is -0.0950. The Hall–Kier alpha value is -3.57. The van der Waals surface area contributed by atoms with E-state index in [2.05, 4.69) is 33.2 Å². The van der Waals surface area contributed by atoms with Gasteiger partial charge in [-0.3, -0.25) is 9.59 Å². The zero-order valence-electron chi connectivity index (χ0n) is 20.0. The third kappa shape index (κ3) is 6.41. The number of carbonyl (C=O) groups excluding carboxylic acids is 3. The number of hydrogen-bond donors (Lipinski definition) is 2. The molecule has 0 spiro atoms. The van der Waals surface area contributed by atoms with E-state index >= 15 is 0 Å². The van der Waals surface area contributed by atoms with E-state index < -0.39 is 24.4 Å². The van der Waals surface area contributed by atoms with Crippen LogP contribution in [0, 0.1) is 10.5 Å². The fourth-order valence-corrected chi connectivity index (χ4v) is 4.65. The van der Waals surface area contributed by atoms with E-state index in [0.29, 0.717) is 27.8 Å². The lowest BCUT2D eigenvalue weighted by atomic mass is 10.1. The van der Waals surface area contributed by atoms with Gasteiger partial charge in [-0.25, -0.2) is 9.69 Å². The molecule has 0 aromatic heterocycles. The Balaban J connectivity index is 1.48. The van der Waals surface area contributed by atoms with E-state index in [4.69, 9.17) is 21.1 Å². The second-order valence-electron chi connectivity index (χ2n) is 8.21. The average Bonchev–Trinajstić information content (AvgIpc) is 3.11. The molecule has 0 aliphatic carbocycles. The standard InChI is InChI=1S/C27H23ClIN3O5/c1-16-6-5-8-19(10-16)30-24(33)14-32-26(34)22(31-27(32)35)12-17-11-21(29)25(23(13-17)36-2)37-15-18-7-3-4-9-20(18)28/h3-13H,14-15H2,1-2H3,(H,30,33)(H,31,35)/b22-12+. The number of hydrogen-bond acceptors (Lipinski definition) is 5. The summed E-state index contributed by atoms with van der Waals surface area (Å²) in [5.41, 5.74) is 3.06. The van der Waals surface area contributed by atoms with Gasteiger partial charge in [-0.15, -0.1) is 0 Å². The van der Waals surface area contributed by atoms with Crippen LogP contribution in [0.4, 0.5) is 10.5 Å². The lowest BCUT2D eigenvalue weighted by molar-refractivity contribution is -0.127. The van der Waals surface area contributed by atoms with Crippen molar-refractivity contribution in [1.29, 1.82) is 0 Å². The summed E-state index contributed by atoms with van der Waals surface area (Å²) in [6, 6.07) is 17.5. The van der Waals surface area contributed by atoms with E-state index in [0.717, 1.165) is 19.6 Å². The monoisotopic (exact) mass is 631 g/mol. The summed E-state index contributed by atoms with van der Waals surface area (Å²) < 4.78 is 12.2. The number of anilines is 1. The van der Waals surface area contributed by atoms with E-state index in [1.54, 1.807) is 30.3 Å². The van der Waals surface area contributed by atoms with Gasteiger partial charge in [0.2, 0.25) is 5.91 Å². The highest BCUT2D eigenvalue weighted by molar-refractivity contribution is 14.1. The first-order chi connectivity index (χ1) is 17.7. The summed E-state index contributed by atoms with van der Waals surface area (Å²) in [7, 11) is 1.52. The quantitative estimate of drug-likeness (QED) is 0.198. The van der Waals surface area contributed by atoms with Gasteiger partial charge < -0.3 is 20.1 Å². The van der Waals surface area contributed by atoms with Gasteiger partial charge in [0.1, 0.15) is 18.8 Å². The van der Waals surface area contributed by atoms with E-state index in [-0.39, 0.29) is 12.3 Å². The molecule has 0 saturated carbocycles. The van der Waals surface area contributed by atoms with E-state index in [9.17, 15) is 14.4 Å². The topological polar surface area (TPSA) is 97.0 Å². The SMILES string of the molecule is COc1cc(/C=C2/NC(=O)N(CC(=O)Nc3cccc(C)c3)C2=O)cc(I)c1OCc1ccccc1Cl. The molecule has 3 aromatic carbocycles. The molecule has 0 radical (unpaired) electrons. The van der Waals surface area contributed by atoms with Crippen molar-refractivity contribution in [2.45, 2.75) is 13.5 Å². The second-order valence-corrected chi connectivity index (χ2v) is 9.78. The van der Waals surface area contributed by atoms with Crippen LogP contribution in [0.5, 0.6) is 11.5 Å². The Morgan fingerprint density at radius 3 is 2.65 bits per heavy atom. The highest BCUT2D eigenvalue weighted by Crippen LogP contribution is 2.35. The summed E-state index contributed by atoms with van der Waals surface area (Å²) >= 11 is 8.34. The van der Waals surface area contributed by atoms with Crippen molar-refractivity contribution < 1.29 is 23.9 Å². The third-order valence-electron chi connectivity index (χ3n) is 5.46. The van der Waals surface area contributed by atoms with Gasteiger partial charge in [0.15, 0.2) is 11.5 Å². The fourth-order valence-electron chi connectivity index (χ4n) is 3.68. The smallest absolute Gasteiger partial charge is 0.329 e. The summed E-state index contributed by atoms with van der Waals surface area (Å²) in [5, 5.41) is 5.84. The van der Waals surface area contributed by atoms with Gasteiger partial charge >= 0.3 is 6.03 Å². The predicted molar refractivity (Wildman–Crippen MR) is 150 cm³/mol. The van der Waals surface area contributed by atoms with Crippen LogP contribution >= 0.6 is 34.2 Å². The zero-order valence-corrected chi connectivity index (χ0v) is 22.9. The number of ether oxygens (including phenoxy) is 2. The van der Waals surface area contributed by atoms with Crippen LogP contribution in [-0.2, 0) is 16.2 Å². The highest BCUT2D eigenvalue weighted by atomic mass is 127. The number of aryl methyl sites for hydroxylation is 1. The number of rotatable bonds is 8. The molecule has 2 N–H and O–H groups in total. The highest BCUT2D eigenvalue weighted by Gasteiger charge is 2.35. The molecule has 10 heteroatoms. The van der Waals surface area contributed by atoms with Crippen molar-refractivity contribution in [2.75, 3.05) is 19.0 Å². The molecule has 1 saturated heterocycles. The summed E-state index contributed by atoms with van der Waals surface area (Å²) in [6.07, 6.45) is 1.53. The van der Waals surface area contributed by atoms with Crippen molar-refractivity contribution in [1.82, 2.24) is 10.2 Å². The largest absolute Gasteiger partial charge is 0.493 e. The van der Waals surface area contributed by atoms with Crippen LogP contribution in [0.1, 0.15) is 16.7 Å². The molecular weight excluding hydrogens is 609 g/mol. The predicted octanol–water partition coefficient (Wildman–Crippen LogP) is 5.37. The molecular formula is C27H23ClIN3O5. The van der Waals surface area contributed by atoms with Gasteiger partial charge in [-0.1, -0.05) is 41.9 Å². The normalized spacial score (nSPS) is 14.1. The Kier molecular flexibility index (Phi) is 8.34. The Bertz CT molecular complexity index is 1410. The lowest BCUT2D eigenvalue weighted by Gasteiger charge is -2.14. The number of nitrogens with zero attached hydrogens (tertiary/aromatic N) is 1. The molecule has 1 heterocycles. The number of methoxy groups -OCH3 is 1. The molecule has 1 aliphatic heterocycles. The van der Waals surface area contributed by atoms with Crippen molar-refractivity contribution in [3.8, 4) is 11.5 Å². The average molecular weight is 632 g/mol. The number of nitrogens with one attached hydrogen (secondary N) is 2. The molecule has 1 fully saturated rings. The molecule has 0 atom stereocenters. The van der Waals surface area contributed by atoms with Gasteiger partial charge in [-0.05, 0) is 77.0 Å². The second kappa shape index (κ2) is 11.7. The minimum absolute atomic E-state index is 0.0518. The van der Waals surface area contributed by atoms with Crippen LogP contribution in [0.15, 0.2) is 66.4 Å². The molecule has 8 nitrogen and oxygen atoms in total. The lowest BCUT2D eigenvalue weighted by Crippen LogP contribution is -2.38. The Morgan fingerprint density at radius 2 is 1.92 bits per heavy atom. The van der Waals surface area contributed by atoms with Crippen molar-refractivity contribution in [2.24, 2.45) is 0 Å². The number of benzene rings is 3. The molecule has 3 aromatic rings. The van der Waals surface area contributed by atoms with Crippen LogP contribution < -0.4 is 20.1 Å². The number of imide groups is 1. The van der Waals surface area contributed by atoms with Crippen LogP contribution in [0.3, 0.4) is 0 Å². The first kappa shape index (κ1) is 26.5. The van der Waals surface area contributed by atoms with Crippen LogP contribution in [-0.4, -0.2) is 36.4 Å². The number of urea groups is 1. The summed E-state index contributed by atoms with van der Waals surface area (Å²) in [6.45, 7) is 1.74. The maximum Gasteiger partial charge on any atom is 0.329 e. The van der Waals surface area contributed by atoms with Crippen molar-refractivity contribution in [3.05, 3.63) is 91.6 Å². The zero-order chi connectivity index (χ0) is 26.5. The Labute approximate surface area is 232 Å². The van der Waals surface area contributed by atoms with Gasteiger partial charge in [-0.2, -0.15) is 0 Å². The first-order valence-electron chi connectivity index (χ1n) is 11.2. The number of carbonyl (C=O) groups is 3. The molecule has 4 rings (SSSR count). The number of halogens is 2. The maximum absolute atomic E-state index is 12.9. The number of amides is 4. The Morgan fingerprint density at radius 1 is 1.14 bits per heavy atom. The van der Waals surface area contributed by atoms with Crippen molar-refractivity contribution >= 4 is 63.8 Å². The van der Waals surface area contributed by atoms with Gasteiger partial charge in [0, 0.05) is 16.3 Å². The minimum Gasteiger partial charge on any atom is -0.493 e. The molecule has 0 bridgehead atoms. The molecule has 0 unspecified atom stereocenters. The van der Waals surface area contributed by atoms with Crippen LogP contribution in [0.2, 0.25) is 5.02 Å². The van der Waals surface area contributed by atoms with E-state index in [1.807, 2.05) is 37.3 Å². The third-order valence-corrected chi connectivity index (χ3v) is 6.63. The fraction of sp³-hybridized carbons (Fsp3) is 0.148. The first-order valence-corrected chi connectivity index (χ1v) is 12.7.